The summed E-state index contributed by atoms with van der Waals surface area (Å²) >= 11 is 0. The standard InChI is InChI=1S/C13H16N2O5S/c14-13(17)9-1-3-11(4-2-9)20-7-12(16)15-10-5-6-21(18,19)8-10/h1-4,10H,5-8H2,(H2,14,17)(H,15,16)/t10-/m1/s1. The third-order valence-corrected chi connectivity index (χ3v) is 4.87. The van der Waals surface area contributed by atoms with Gasteiger partial charge in [-0.05, 0) is 30.7 Å². The number of ether oxygens (including phenoxy) is 1. The Balaban J connectivity index is 1.80. The summed E-state index contributed by atoms with van der Waals surface area (Å²) in [6.45, 7) is -0.216. The molecule has 1 aromatic rings. The van der Waals surface area contributed by atoms with E-state index < -0.39 is 15.7 Å². The van der Waals surface area contributed by atoms with Crippen LogP contribution in [0.15, 0.2) is 24.3 Å². The molecule has 114 valence electrons. The average molecular weight is 312 g/mol. The Hall–Kier alpha value is -2.09. The van der Waals surface area contributed by atoms with Gasteiger partial charge in [-0.3, -0.25) is 9.59 Å². The molecule has 1 aliphatic rings. The van der Waals surface area contributed by atoms with Crippen molar-refractivity contribution in [3.05, 3.63) is 29.8 Å². The second-order valence-electron chi connectivity index (χ2n) is 4.84. The number of nitrogens with one attached hydrogen (secondary N) is 1. The van der Waals surface area contributed by atoms with Crippen LogP contribution in [0, 0.1) is 0 Å². The maximum absolute atomic E-state index is 11.7. The molecule has 1 fully saturated rings. The second kappa shape index (κ2) is 6.13. The smallest absolute Gasteiger partial charge is 0.258 e. The molecule has 8 heteroatoms. The summed E-state index contributed by atoms with van der Waals surface area (Å²) in [5, 5.41) is 2.62. The molecule has 21 heavy (non-hydrogen) atoms. The van der Waals surface area contributed by atoms with Gasteiger partial charge < -0.3 is 15.8 Å². The van der Waals surface area contributed by atoms with Crippen molar-refractivity contribution >= 4 is 21.7 Å². The number of carbonyl (C=O) groups is 2. The topological polar surface area (TPSA) is 116 Å². The fraction of sp³-hybridized carbons (Fsp3) is 0.385. The van der Waals surface area contributed by atoms with E-state index in [1.807, 2.05) is 0 Å². The van der Waals surface area contributed by atoms with E-state index in [9.17, 15) is 18.0 Å². The Labute approximate surface area is 122 Å². The third kappa shape index (κ3) is 4.45. The van der Waals surface area contributed by atoms with Crippen LogP contribution in [0.3, 0.4) is 0 Å². The van der Waals surface area contributed by atoms with Gasteiger partial charge in [0.25, 0.3) is 5.91 Å². The first kappa shape index (κ1) is 15.3. The maximum atomic E-state index is 11.7. The van der Waals surface area contributed by atoms with Gasteiger partial charge in [0.05, 0.1) is 11.5 Å². The molecular weight excluding hydrogens is 296 g/mol. The van der Waals surface area contributed by atoms with Crippen LogP contribution >= 0.6 is 0 Å². The molecule has 1 saturated heterocycles. The van der Waals surface area contributed by atoms with Crippen LogP contribution < -0.4 is 15.8 Å². The molecule has 2 amide bonds. The zero-order chi connectivity index (χ0) is 15.5. The Morgan fingerprint density at radius 2 is 1.95 bits per heavy atom. The van der Waals surface area contributed by atoms with E-state index in [1.54, 1.807) is 0 Å². The Morgan fingerprint density at radius 3 is 2.48 bits per heavy atom. The molecule has 0 spiro atoms. The number of amides is 2. The zero-order valence-electron chi connectivity index (χ0n) is 11.2. The minimum absolute atomic E-state index is 0.0218. The molecule has 0 bridgehead atoms. The van der Waals surface area contributed by atoms with Gasteiger partial charge in [0.1, 0.15) is 5.75 Å². The van der Waals surface area contributed by atoms with Gasteiger partial charge in [0.2, 0.25) is 5.91 Å². The van der Waals surface area contributed by atoms with Crippen LogP contribution in [0.5, 0.6) is 5.75 Å². The van der Waals surface area contributed by atoms with Crippen molar-refractivity contribution in [3.63, 3.8) is 0 Å². The normalized spacial score (nSPS) is 19.9. The highest BCUT2D eigenvalue weighted by Gasteiger charge is 2.28. The molecule has 0 saturated carbocycles. The average Bonchev–Trinajstić information content (AvgIpc) is 2.76. The first-order valence-corrected chi connectivity index (χ1v) is 8.20. The van der Waals surface area contributed by atoms with Gasteiger partial charge in [-0.15, -0.1) is 0 Å². The minimum atomic E-state index is -3.02. The quantitative estimate of drug-likeness (QED) is 0.758. The largest absolute Gasteiger partial charge is 0.484 e. The Bertz CT molecular complexity index is 639. The molecule has 1 heterocycles. The predicted octanol–water partition coefficient (Wildman–Crippen LogP) is -0.532. The van der Waals surface area contributed by atoms with Crippen molar-refractivity contribution in [2.45, 2.75) is 12.5 Å². The highest BCUT2D eigenvalue weighted by molar-refractivity contribution is 7.91. The van der Waals surface area contributed by atoms with Crippen molar-refractivity contribution in [1.29, 1.82) is 0 Å². The Kier molecular flexibility index (Phi) is 4.46. The highest BCUT2D eigenvalue weighted by Crippen LogP contribution is 2.13. The van der Waals surface area contributed by atoms with E-state index in [2.05, 4.69) is 5.32 Å². The molecular formula is C13H16N2O5S. The van der Waals surface area contributed by atoms with Crippen LogP contribution in [-0.4, -0.2) is 44.4 Å². The summed E-state index contributed by atoms with van der Waals surface area (Å²) in [4.78, 5) is 22.5. The lowest BCUT2D eigenvalue weighted by Gasteiger charge is -2.11. The lowest BCUT2D eigenvalue weighted by atomic mass is 10.2. The molecule has 1 atom stereocenters. The fourth-order valence-electron chi connectivity index (χ4n) is 2.04. The molecule has 0 aromatic heterocycles. The molecule has 3 N–H and O–H groups in total. The first-order valence-electron chi connectivity index (χ1n) is 6.38. The summed E-state index contributed by atoms with van der Waals surface area (Å²) in [5.74, 6) is -0.411. The molecule has 1 aliphatic heterocycles. The molecule has 0 radical (unpaired) electrons. The number of rotatable bonds is 5. The third-order valence-electron chi connectivity index (χ3n) is 3.11. The van der Waals surface area contributed by atoms with Crippen LogP contribution in [-0.2, 0) is 14.6 Å². The van der Waals surface area contributed by atoms with Crippen LogP contribution in [0.4, 0.5) is 0 Å². The Morgan fingerprint density at radius 1 is 1.29 bits per heavy atom. The highest BCUT2D eigenvalue weighted by atomic mass is 32.2. The van der Waals surface area contributed by atoms with E-state index >= 15 is 0 Å². The molecule has 1 aromatic carbocycles. The van der Waals surface area contributed by atoms with Crippen molar-refractivity contribution in [2.75, 3.05) is 18.1 Å². The van der Waals surface area contributed by atoms with Crippen LogP contribution in [0.25, 0.3) is 0 Å². The van der Waals surface area contributed by atoms with Crippen molar-refractivity contribution in [3.8, 4) is 5.75 Å². The molecule has 2 rings (SSSR count). The summed E-state index contributed by atoms with van der Waals surface area (Å²) in [7, 11) is -3.02. The van der Waals surface area contributed by atoms with Crippen LogP contribution in [0.2, 0.25) is 0 Å². The SMILES string of the molecule is NC(=O)c1ccc(OCC(=O)N[C@@H]2CCS(=O)(=O)C2)cc1. The van der Waals surface area contributed by atoms with E-state index in [1.165, 1.54) is 24.3 Å². The number of primary amides is 1. The summed E-state index contributed by atoms with van der Waals surface area (Å²) in [6.07, 6.45) is 0.432. The summed E-state index contributed by atoms with van der Waals surface area (Å²) in [6, 6.07) is 5.72. The van der Waals surface area contributed by atoms with Crippen LogP contribution in [0.1, 0.15) is 16.8 Å². The molecule has 0 aliphatic carbocycles. The van der Waals surface area contributed by atoms with Crippen molar-refractivity contribution < 1.29 is 22.7 Å². The maximum Gasteiger partial charge on any atom is 0.258 e. The minimum Gasteiger partial charge on any atom is -0.484 e. The van der Waals surface area contributed by atoms with Gasteiger partial charge in [0, 0.05) is 11.6 Å². The number of sulfone groups is 1. The number of hydrogen-bond donors (Lipinski definition) is 2. The number of benzene rings is 1. The number of hydrogen-bond acceptors (Lipinski definition) is 5. The van der Waals surface area contributed by atoms with Crippen molar-refractivity contribution in [1.82, 2.24) is 5.32 Å². The van der Waals surface area contributed by atoms with Gasteiger partial charge in [-0.2, -0.15) is 0 Å². The van der Waals surface area contributed by atoms with E-state index in [0.29, 0.717) is 17.7 Å². The summed E-state index contributed by atoms with van der Waals surface area (Å²) in [5.41, 5.74) is 5.46. The van der Waals surface area contributed by atoms with Gasteiger partial charge in [0.15, 0.2) is 16.4 Å². The molecule has 0 unspecified atom stereocenters. The van der Waals surface area contributed by atoms with Crippen molar-refractivity contribution in [2.24, 2.45) is 5.73 Å². The predicted molar refractivity (Wildman–Crippen MR) is 75.7 cm³/mol. The van der Waals surface area contributed by atoms with Gasteiger partial charge >= 0.3 is 0 Å². The van der Waals surface area contributed by atoms with Gasteiger partial charge in [-0.25, -0.2) is 8.42 Å². The second-order valence-corrected chi connectivity index (χ2v) is 7.07. The molecule has 7 nitrogen and oxygen atoms in total. The lowest BCUT2D eigenvalue weighted by molar-refractivity contribution is -0.123. The number of nitrogens with two attached hydrogens (primary N) is 1. The zero-order valence-corrected chi connectivity index (χ0v) is 12.1. The fourth-order valence-corrected chi connectivity index (χ4v) is 3.72. The van der Waals surface area contributed by atoms with Gasteiger partial charge in [-0.1, -0.05) is 0 Å². The van der Waals surface area contributed by atoms with E-state index in [0.717, 1.165) is 0 Å². The van der Waals surface area contributed by atoms with E-state index in [4.69, 9.17) is 10.5 Å². The summed E-state index contributed by atoms with van der Waals surface area (Å²) < 4.78 is 27.8. The first-order chi connectivity index (χ1) is 9.85. The lowest BCUT2D eigenvalue weighted by Crippen LogP contribution is -2.38. The number of carbonyl (C=O) groups excluding carboxylic acids is 2. The monoisotopic (exact) mass is 312 g/mol. The van der Waals surface area contributed by atoms with E-state index in [-0.39, 0.29) is 30.1 Å².